The van der Waals surface area contributed by atoms with Gasteiger partial charge >= 0.3 is 0 Å². The Bertz CT molecular complexity index is 601. The standard InChI is InChI=1S/C13H11Br2NOS/c14-11-3-1-2-4-13(11)18(17)8-9-5-6-10(16)7-12(9)15/h1-7H,8,16H2. The van der Waals surface area contributed by atoms with E-state index in [0.29, 0.717) is 11.4 Å². The van der Waals surface area contributed by atoms with Crippen molar-refractivity contribution in [1.82, 2.24) is 0 Å². The third-order valence-electron chi connectivity index (χ3n) is 2.45. The summed E-state index contributed by atoms with van der Waals surface area (Å²) in [6.07, 6.45) is 0. The average Bonchev–Trinajstić information content (AvgIpc) is 2.33. The van der Waals surface area contributed by atoms with E-state index in [9.17, 15) is 4.21 Å². The van der Waals surface area contributed by atoms with Gasteiger partial charge in [0.2, 0.25) is 0 Å². The SMILES string of the molecule is Nc1ccc(CS(=O)c2ccccc2Br)c(Br)c1. The van der Waals surface area contributed by atoms with Crippen LogP contribution in [0.5, 0.6) is 0 Å². The molecule has 0 saturated carbocycles. The van der Waals surface area contributed by atoms with Crippen LogP contribution in [-0.4, -0.2) is 4.21 Å². The maximum Gasteiger partial charge on any atom is 0.0586 e. The van der Waals surface area contributed by atoms with Crippen LogP contribution in [0.4, 0.5) is 5.69 Å². The highest BCUT2D eigenvalue weighted by atomic mass is 79.9. The number of halogens is 2. The zero-order chi connectivity index (χ0) is 13.1. The molecule has 0 spiro atoms. The maximum absolute atomic E-state index is 12.3. The Kier molecular flexibility index (Phi) is 4.59. The van der Waals surface area contributed by atoms with Gasteiger partial charge in [0.05, 0.1) is 21.4 Å². The van der Waals surface area contributed by atoms with Crippen LogP contribution >= 0.6 is 31.9 Å². The van der Waals surface area contributed by atoms with Gasteiger partial charge in [0.1, 0.15) is 0 Å². The zero-order valence-electron chi connectivity index (χ0n) is 9.40. The summed E-state index contributed by atoms with van der Waals surface area (Å²) >= 11 is 6.86. The monoisotopic (exact) mass is 387 g/mol. The first-order valence-corrected chi connectivity index (χ1v) is 8.15. The molecule has 0 amide bonds. The van der Waals surface area contributed by atoms with E-state index in [1.165, 1.54) is 0 Å². The topological polar surface area (TPSA) is 43.1 Å². The van der Waals surface area contributed by atoms with Gasteiger partial charge in [0.25, 0.3) is 0 Å². The molecule has 2 aromatic rings. The van der Waals surface area contributed by atoms with Crippen molar-refractivity contribution in [3.05, 3.63) is 57.0 Å². The van der Waals surface area contributed by atoms with Crippen LogP contribution in [0, 0.1) is 0 Å². The number of rotatable bonds is 3. The van der Waals surface area contributed by atoms with Gasteiger partial charge in [-0.05, 0) is 45.8 Å². The normalized spacial score (nSPS) is 12.3. The first-order chi connectivity index (χ1) is 8.58. The Balaban J connectivity index is 2.24. The molecule has 0 fully saturated rings. The predicted octanol–water partition coefficient (Wildman–Crippen LogP) is 4.10. The van der Waals surface area contributed by atoms with Crippen molar-refractivity contribution in [3.8, 4) is 0 Å². The van der Waals surface area contributed by atoms with Gasteiger partial charge in [-0.3, -0.25) is 4.21 Å². The Morgan fingerprint density at radius 3 is 2.44 bits per heavy atom. The number of benzene rings is 2. The molecule has 2 N–H and O–H groups in total. The van der Waals surface area contributed by atoms with E-state index in [1.807, 2.05) is 42.5 Å². The summed E-state index contributed by atoms with van der Waals surface area (Å²) in [6.45, 7) is 0. The van der Waals surface area contributed by atoms with Crippen molar-refractivity contribution < 1.29 is 4.21 Å². The Labute approximate surface area is 125 Å². The van der Waals surface area contributed by atoms with E-state index in [-0.39, 0.29) is 0 Å². The van der Waals surface area contributed by atoms with Gasteiger partial charge < -0.3 is 5.73 Å². The number of hydrogen-bond donors (Lipinski definition) is 1. The van der Waals surface area contributed by atoms with E-state index >= 15 is 0 Å². The Hall–Kier alpha value is -0.650. The molecule has 0 saturated heterocycles. The largest absolute Gasteiger partial charge is 0.399 e. The first-order valence-electron chi connectivity index (χ1n) is 5.25. The summed E-state index contributed by atoms with van der Waals surface area (Å²) in [5, 5.41) is 0. The summed E-state index contributed by atoms with van der Waals surface area (Å²) in [6, 6.07) is 13.1. The fourth-order valence-electron chi connectivity index (χ4n) is 1.53. The minimum absolute atomic E-state index is 0.462. The summed E-state index contributed by atoms with van der Waals surface area (Å²) in [4.78, 5) is 0.807. The average molecular weight is 389 g/mol. The summed E-state index contributed by atoms with van der Waals surface area (Å²) in [5.41, 5.74) is 7.36. The van der Waals surface area contributed by atoms with Crippen molar-refractivity contribution in [2.24, 2.45) is 0 Å². The van der Waals surface area contributed by atoms with Crippen molar-refractivity contribution in [1.29, 1.82) is 0 Å². The molecule has 0 aliphatic heterocycles. The molecule has 2 aromatic carbocycles. The molecule has 0 aliphatic rings. The quantitative estimate of drug-likeness (QED) is 0.804. The second kappa shape index (κ2) is 5.99. The lowest BCUT2D eigenvalue weighted by Crippen LogP contribution is -1.99. The van der Waals surface area contributed by atoms with Crippen molar-refractivity contribution in [2.75, 3.05) is 5.73 Å². The van der Waals surface area contributed by atoms with E-state index in [0.717, 1.165) is 19.4 Å². The molecule has 5 heteroatoms. The van der Waals surface area contributed by atoms with Crippen LogP contribution < -0.4 is 5.73 Å². The van der Waals surface area contributed by atoms with Gasteiger partial charge in [-0.1, -0.05) is 34.1 Å². The van der Waals surface area contributed by atoms with Crippen molar-refractivity contribution >= 4 is 48.3 Å². The number of anilines is 1. The van der Waals surface area contributed by atoms with Gasteiger partial charge in [-0.15, -0.1) is 0 Å². The van der Waals surface area contributed by atoms with Crippen LogP contribution in [0.25, 0.3) is 0 Å². The lowest BCUT2D eigenvalue weighted by Gasteiger charge is -2.07. The second-order valence-electron chi connectivity index (χ2n) is 3.77. The lowest BCUT2D eigenvalue weighted by atomic mass is 10.2. The Morgan fingerprint density at radius 1 is 1.06 bits per heavy atom. The van der Waals surface area contributed by atoms with Crippen LogP contribution in [-0.2, 0) is 16.6 Å². The molecule has 0 aliphatic carbocycles. The first kappa shape index (κ1) is 13.8. The molecule has 2 nitrogen and oxygen atoms in total. The van der Waals surface area contributed by atoms with E-state index < -0.39 is 10.8 Å². The highest BCUT2D eigenvalue weighted by Crippen LogP contribution is 2.26. The van der Waals surface area contributed by atoms with Crippen molar-refractivity contribution in [3.63, 3.8) is 0 Å². The van der Waals surface area contributed by atoms with Crippen LogP contribution in [0.1, 0.15) is 5.56 Å². The van der Waals surface area contributed by atoms with Crippen molar-refractivity contribution in [2.45, 2.75) is 10.6 Å². The molecule has 1 atom stereocenters. The lowest BCUT2D eigenvalue weighted by molar-refractivity contribution is 0.682. The van der Waals surface area contributed by atoms with Crippen LogP contribution in [0.3, 0.4) is 0 Å². The minimum atomic E-state index is -1.08. The number of nitrogen functional groups attached to an aromatic ring is 1. The number of nitrogens with two attached hydrogens (primary N) is 1. The van der Waals surface area contributed by atoms with E-state index in [2.05, 4.69) is 31.9 Å². The summed E-state index contributed by atoms with van der Waals surface area (Å²) < 4.78 is 14.1. The second-order valence-corrected chi connectivity index (χ2v) is 6.90. The maximum atomic E-state index is 12.3. The zero-order valence-corrected chi connectivity index (χ0v) is 13.4. The number of hydrogen-bond acceptors (Lipinski definition) is 2. The molecular formula is C13H11Br2NOS. The highest BCUT2D eigenvalue weighted by molar-refractivity contribution is 9.10. The molecule has 2 rings (SSSR count). The molecule has 18 heavy (non-hydrogen) atoms. The van der Waals surface area contributed by atoms with Crippen LogP contribution in [0.2, 0.25) is 0 Å². The van der Waals surface area contributed by atoms with E-state index in [4.69, 9.17) is 5.73 Å². The predicted molar refractivity (Wildman–Crippen MR) is 82.8 cm³/mol. The third kappa shape index (κ3) is 3.22. The molecule has 0 aromatic heterocycles. The Morgan fingerprint density at radius 2 is 1.78 bits per heavy atom. The van der Waals surface area contributed by atoms with E-state index in [1.54, 1.807) is 0 Å². The fourth-order valence-corrected chi connectivity index (χ4v) is 4.28. The molecule has 0 radical (unpaired) electrons. The van der Waals surface area contributed by atoms with Gasteiger partial charge in [-0.25, -0.2) is 0 Å². The third-order valence-corrected chi connectivity index (χ3v) is 5.56. The summed E-state index contributed by atoms with van der Waals surface area (Å²) in [5.74, 6) is 0.462. The smallest absolute Gasteiger partial charge is 0.0586 e. The molecule has 0 heterocycles. The molecule has 1 unspecified atom stereocenters. The van der Waals surface area contributed by atoms with Gasteiger partial charge in [0.15, 0.2) is 0 Å². The fraction of sp³-hybridized carbons (Fsp3) is 0.0769. The van der Waals surface area contributed by atoms with Gasteiger partial charge in [0, 0.05) is 14.6 Å². The molecule has 0 bridgehead atoms. The highest BCUT2D eigenvalue weighted by Gasteiger charge is 2.10. The van der Waals surface area contributed by atoms with Gasteiger partial charge in [-0.2, -0.15) is 0 Å². The molecular weight excluding hydrogens is 378 g/mol. The molecule has 94 valence electrons. The minimum Gasteiger partial charge on any atom is -0.399 e. The van der Waals surface area contributed by atoms with Crippen LogP contribution in [0.15, 0.2) is 56.3 Å². The summed E-state index contributed by atoms with van der Waals surface area (Å²) in [7, 11) is -1.08.